The van der Waals surface area contributed by atoms with Crippen molar-refractivity contribution in [2.24, 2.45) is 4.99 Å². The number of halogens is 1. The number of hydrogen-bond acceptors (Lipinski definition) is 4. The van der Waals surface area contributed by atoms with Crippen LogP contribution in [0.2, 0.25) is 0 Å². The number of hydrogen-bond donors (Lipinski definition) is 1. The molecule has 1 aliphatic rings. The third-order valence-electron chi connectivity index (χ3n) is 4.30. The van der Waals surface area contributed by atoms with Gasteiger partial charge in [0.15, 0.2) is 17.5 Å². The van der Waals surface area contributed by atoms with Gasteiger partial charge < -0.3 is 24.4 Å². The Morgan fingerprint density at radius 2 is 2.07 bits per heavy atom. The summed E-state index contributed by atoms with van der Waals surface area (Å²) < 4.78 is 30.3. The maximum absolute atomic E-state index is 13.6. The number of nitrogens with zero attached hydrogens (tertiary/aromatic N) is 2. The highest BCUT2D eigenvalue weighted by atomic mass is 19.1. The summed E-state index contributed by atoms with van der Waals surface area (Å²) in [4.78, 5) is 6.63. The van der Waals surface area contributed by atoms with Gasteiger partial charge in [-0.25, -0.2) is 4.39 Å². The van der Waals surface area contributed by atoms with Gasteiger partial charge in [-0.15, -0.1) is 0 Å². The molecule has 1 heterocycles. The molecule has 27 heavy (non-hydrogen) atoms. The van der Waals surface area contributed by atoms with Crippen molar-refractivity contribution in [3.8, 4) is 5.75 Å². The summed E-state index contributed by atoms with van der Waals surface area (Å²) >= 11 is 0. The van der Waals surface area contributed by atoms with Crippen LogP contribution in [0.15, 0.2) is 29.3 Å². The van der Waals surface area contributed by atoms with E-state index in [-0.39, 0.29) is 11.6 Å². The number of likely N-dealkylation sites (N-methyl/N-ethyl adjacent to an activating group) is 1. The van der Waals surface area contributed by atoms with Crippen molar-refractivity contribution in [2.45, 2.75) is 32.3 Å². The molecule has 1 aliphatic heterocycles. The van der Waals surface area contributed by atoms with Gasteiger partial charge in [-0.1, -0.05) is 12.1 Å². The van der Waals surface area contributed by atoms with E-state index in [0.29, 0.717) is 32.4 Å². The molecule has 1 N–H and O–H groups in total. The largest absolute Gasteiger partial charge is 0.489 e. The Labute approximate surface area is 161 Å². The fourth-order valence-corrected chi connectivity index (χ4v) is 2.77. The molecule has 0 spiro atoms. The van der Waals surface area contributed by atoms with Crippen LogP contribution in [0, 0.1) is 5.82 Å². The van der Waals surface area contributed by atoms with E-state index in [1.165, 1.54) is 6.07 Å². The van der Waals surface area contributed by atoms with Crippen LogP contribution in [0.25, 0.3) is 0 Å². The number of aliphatic imine (C=N–C) groups is 1. The number of ether oxygens (including phenoxy) is 3. The maximum atomic E-state index is 13.6. The van der Waals surface area contributed by atoms with Gasteiger partial charge in [0.05, 0.1) is 12.6 Å². The molecular weight excluding hydrogens is 349 g/mol. The summed E-state index contributed by atoms with van der Waals surface area (Å²) in [7, 11) is 1.95. The summed E-state index contributed by atoms with van der Waals surface area (Å²) in [6, 6.07) is 6.44. The summed E-state index contributed by atoms with van der Waals surface area (Å²) in [5.74, 6) is 0.754. The van der Waals surface area contributed by atoms with Crippen molar-refractivity contribution in [3.63, 3.8) is 0 Å². The molecule has 1 saturated heterocycles. The lowest BCUT2D eigenvalue weighted by Gasteiger charge is -2.23. The second-order valence-electron chi connectivity index (χ2n) is 6.47. The smallest absolute Gasteiger partial charge is 0.193 e. The normalized spacial score (nSPS) is 15.6. The van der Waals surface area contributed by atoms with Gasteiger partial charge in [-0.2, -0.15) is 0 Å². The Morgan fingerprint density at radius 3 is 2.81 bits per heavy atom. The van der Waals surface area contributed by atoms with Crippen molar-refractivity contribution in [3.05, 3.63) is 30.1 Å². The van der Waals surface area contributed by atoms with E-state index in [9.17, 15) is 4.39 Å². The van der Waals surface area contributed by atoms with Crippen LogP contribution in [0.1, 0.15) is 26.2 Å². The lowest BCUT2D eigenvalue weighted by molar-refractivity contribution is -0.0318. The first-order valence-corrected chi connectivity index (χ1v) is 9.76. The van der Waals surface area contributed by atoms with E-state index in [0.717, 1.165) is 45.0 Å². The second kappa shape index (κ2) is 12.5. The number of benzene rings is 1. The molecule has 0 unspecified atom stereocenters. The number of para-hydroxylation sites is 1. The topological polar surface area (TPSA) is 55.3 Å². The highest BCUT2D eigenvalue weighted by molar-refractivity contribution is 5.79. The SMILES string of the molecule is CCNC(=NCCCOC1CCOCC1)N(C)CCOc1ccccc1F. The molecule has 6 nitrogen and oxygen atoms in total. The van der Waals surface area contributed by atoms with Crippen LogP contribution in [-0.2, 0) is 9.47 Å². The van der Waals surface area contributed by atoms with E-state index in [4.69, 9.17) is 14.2 Å². The van der Waals surface area contributed by atoms with Crippen molar-refractivity contribution in [1.29, 1.82) is 0 Å². The summed E-state index contributed by atoms with van der Waals surface area (Å²) in [5.41, 5.74) is 0. The van der Waals surface area contributed by atoms with Crippen LogP contribution in [-0.4, -0.2) is 70.1 Å². The molecular formula is C20H32FN3O3. The Balaban J connectivity index is 1.68. The lowest BCUT2D eigenvalue weighted by Crippen LogP contribution is -2.41. The molecule has 0 amide bonds. The third kappa shape index (κ3) is 8.13. The van der Waals surface area contributed by atoms with Gasteiger partial charge in [-0.05, 0) is 38.3 Å². The summed E-state index contributed by atoms with van der Waals surface area (Å²) in [6.45, 7) is 6.83. The third-order valence-corrected chi connectivity index (χ3v) is 4.30. The van der Waals surface area contributed by atoms with Crippen LogP contribution in [0.5, 0.6) is 5.75 Å². The highest BCUT2D eigenvalue weighted by Gasteiger charge is 2.13. The molecule has 0 saturated carbocycles. The van der Waals surface area contributed by atoms with E-state index >= 15 is 0 Å². The molecule has 1 aromatic carbocycles. The highest BCUT2D eigenvalue weighted by Crippen LogP contribution is 2.15. The maximum Gasteiger partial charge on any atom is 0.193 e. The number of guanidine groups is 1. The van der Waals surface area contributed by atoms with E-state index in [1.54, 1.807) is 18.2 Å². The minimum absolute atomic E-state index is 0.276. The van der Waals surface area contributed by atoms with E-state index in [2.05, 4.69) is 10.3 Å². The molecule has 152 valence electrons. The Morgan fingerprint density at radius 1 is 1.30 bits per heavy atom. The molecule has 0 aliphatic carbocycles. The van der Waals surface area contributed by atoms with Gasteiger partial charge in [0, 0.05) is 40.0 Å². The first-order chi connectivity index (χ1) is 13.2. The van der Waals surface area contributed by atoms with E-state index < -0.39 is 0 Å². The van der Waals surface area contributed by atoms with Gasteiger partial charge in [0.25, 0.3) is 0 Å². The fourth-order valence-electron chi connectivity index (χ4n) is 2.77. The summed E-state index contributed by atoms with van der Waals surface area (Å²) in [5, 5.41) is 3.27. The molecule has 0 atom stereocenters. The zero-order valence-electron chi connectivity index (χ0n) is 16.5. The standard InChI is InChI=1S/C20H32FN3O3/c1-3-22-20(23-11-6-13-26-17-9-14-25-15-10-17)24(2)12-16-27-19-8-5-4-7-18(19)21/h4-5,7-8,17H,3,6,9-16H2,1-2H3,(H,22,23). The van der Waals surface area contributed by atoms with Crippen LogP contribution in [0.3, 0.4) is 0 Å². The van der Waals surface area contributed by atoms with Crippen molar-refractivity contribution >= 4 is 5.96 Å². The van der Waals surface area contributed by atoms with Crippen molar-refractivity contribution < 1.29 is 18.6 Å². The van der Waals surface area contributed by atoms with Crippen LogP contribution >= 0.6 is 0 Å². The van der Waals surface area contributed by atoms with Gasteiger partial charge in [0.1, 0.15) is 6.61 Å². The predicted octanol–water partition coefficient (Wildman–Crippen LogP) is 2.69. The molecule has 0 radical (unpaired) electrons. The zero-order valence-corrected chi connectivity index (χ0v) is 16.5. The molecule has 1 fully saturated rings. The number of rotatable bonds is 10. The minimum Gasteiger partial charge on any atom is -0.489 e. The first kappa shape index (κ1) is 21.4. The Bertz CT molecular complexity index is 565. The molecule has 1 aromatic rings. The second-order valence-corrected chi connectivity index (χ2v) is 6.47. The average Bonchev–Trinajstić information content (AvgIpc) is 2.69. The van der Waals surface area contributed by atoms with Gasteiger partial charge in [-0.3, -0.25) is 4.99 Å². The monoisotopic (exact) mass is 381 g/mol. The average molecular weight is 381 g/mol. The van der Waals surface area contributed by atoms with Gasteiger partial charge in [0.2, 0.25) is 0 Å². The molecule has 2 rings (SSSR count). The van der Waals surface area contributed by atoms with Crippen LogP contribution < -0.4 is 10.1 Å². The summed E-state index contributed by atoms with van der Waals surface area (Å²) in [6.07, 6.45) is 3.17. The minimum atomic E-state index is -0.342. The van der Waals surface area contributed by atoms with Crippen LogP contribution in [0.4, 0.5) is 4.39 Å². The number of nitrogens with one attached hydrogen (secondary N) is 1. The molecule has 0 aromatic heterocycles. The quantitative estimate of drug-likeness (QED) is 0.384. The Kier molecular flexibility index (Phi) is 9.94. The van der Waals surface area contributed by atoms with Crippen molar-refractivity contribution in [1.82, 2.24) is 10.2 Å². The fraction of sp³-hybridized carbons (Fsp3) is 0.650. The molecule has 0 bridgehead atoms. The zero-order chi connectivity index (χ0) is 19.3. The Hall–Kier alpha value is -1.86. The molecule has 7 heteroatoms. The first-order valence-electron chi connectivity index (χ1n) is 9.76. The van der Waals surface area contributed by atoms with Gasteiger partial charge >= 0.3 is 0 Å². The lowest BCUT2D eigenvalue weighted by atomic mass is 10.1. The van der Waals surface area contributed by atoms with Crippen molar-refractivity contribution in [2.75, 3.05) is 53.1 Å². The predicted molar refractivity (Wildman–Crippen MR) is 105 cm³/mol. The van der Waals surface area contributed by atoms with E-state index in [1.807, 2.05) is 18.9 Å².